The van der Waals surface area contributed by atoms with Gasteiger partial charge in [0.1, 0.15) is 0 Å². The predicted molar refractivity (Wildman–Crippen MR) is 121 cm³/mol. The first-order chi connectivity index (χ1) is 14.6. The lowest BCUT2D eigenvalue weighted by atomic mass is 10.2. The Hall–Kier alpha value is -3.11. The smallest absolute Gasteiger partial charge is 0.262 e. The second-order valence-electron chi connectivity index (χ2n) is 6.86. The van der Waals surface area contributed by atoms with Crippen LogP contribution in [-0.2, 0) is 11.3 Å². The van der Waals surface area contributed by atoms with Gasteiger partial charge in [0.25, 0.3) is 5.56 Å². The summed E-state index contributed by atoms with van der Waals surface area (Å²) in [4.78, 5) is 32.5. The van der Waals surface area contributed by atoms with Crippen molar-refractivity contribution in [1.29, 1.82) is 5.26 Å². The maximum absolute atomic E-state index is 13.3. The lowest BCUT2D eigenvalue weighted by Crippen LogP contribution is -2.37. The number of thioether (sulfide) groups is 1. The molecule has 0 bridgehead atoms. The van der Waals surface area contributed by atoms with Gasteiger partial charge in [-0.3, -0.25) is 14.2 Å². The molecule has 0 spiro atoms. The molecular weight excluding hydrogens is 396 g/mol. The molecule has 3 rings (SSSR count). The topological polar surface area (TPSA) is 79.0 Å². The molecule has 30 heavy (non-hydrogen) atoms. The van der Waals surface area contributed by atoms with Gasteiger partial charge >= 0.3 is 0 Å². The highest BCUT2D eigenvalue weighted by Crippen LogP contribution is 2.26. The number of nitrogens with zero attached hydrogens (tertiary/aromatic N) is 4. The second kappa shape index (κ2) is 10.1. The minimum atomic E-state index is -0.472. The highest BCUT2D eigenvalue weighted by Gasteiger charge is 2.25. The number of carbonyl (C=O) groups excluding carboxylic acids is 1. The van der Waals surface area contributed by atoms with Gasteiger partial charge in [-0.25, -0.2) is 4.98 Å². The molecule has 1 aromatic heterocycles. The quantitative estimate of drug-likeness (QED) is 0.402. The number of benzene rings is 2. The minimum Gasteiger partial charge on any atom is -0.310 e. The zero-order valence-corrected chi connectivity index (χ0v) is 17.9. The van der Waals surface area contributed by atoms with Crippen LogP contribution in [0, 0.1) is 11.3 Å². The number of hydrogen-bond donors (Lipinski definition) is 0. The summed E-state index contributed by atoms with van der Waals surface area (Å²) in [6, 6.07) is 18.7. The van der Waals surface area contributed by atoms with Gasteiger partial charge in [0.05, 0.1) is 28.6 Å². The van der Waals surface area contributed by atoms with Crippen LogP contribution in [-0.4, -0.2) is 27.3 Å². The summed E-state index contributed by atoms with van der Waals surface area (Å²) in [7, 11) is 0. The Morgan fingerprint density at radius 2 is 1.90 bits per heavy atom. The number of nitriles is 1. The Labute approximate surface area is 180 Å². The maximum atomic E-state index is 13.3. The Kier molecular flexibility index (Phi) is 7.26. The first-order valence-corrected chi connectivity index (χ1v) is 10.8. The highest BCUT2D eigenvalue weighted by atomic mass is 32.2. The van der Waals surface area contributed by atoms with Crippen molar-refractivity contribution >= 4 is 34.3 Å². The van der Waals surface area contributed by atoms with Gasteiger partial charge < -0.3 is 4.90 Å². The number of rotatable bonds is 8. The molecule has 0 saturated carbocycles. The van der Waals surface area contributed by atoms with Crippen LogP contribution < -0.4 is 10.5 Å². The number of hydrogen-bond acceptors (Lipinski definition) is 5. The van der Waals surface area contributed by atoms with Gasteiger partial charge in [-0.05, 0) is 37.6 Å². The first-order valence-electron chi connectivity index (χ1n) is 9.96. The summed E-state index contributed by atoms with van der Waals surface area (Å²) in [6.45, 7) is 4.67. The summed E-state index contributed by atoms with van der Waals surface area (Å²) in [5.74, 6) is -0.119. The van der Waals surface area contributed by atoms with Crippen molar-refractivity contribution in [3.8, 4) is 6.07 Å². The zero-order valence-electron chi connectivity index (χ0n) is 17.1. The molecule has 154 valence electrons. The Morgan fingerprint density at radius 3 is 2.60 bits per heavy atom. The van der Waals surface area contributed by atoms with E-state index in [4.69, 9.17) is 5.26 Å². The van der Waals surface area contributed by atoms with Crippen molar-refractivity contribution in [3.05, 3.63) is 65.0 Å². The maximum Gasteiger partial charge on any atom is 0.262 e. The largest absolute Gasteiger partial charge is 0.310 e. The molecule has 0 N–H and O–H groups in total. The van der Waals surface area contributed by atoms with Crippen molar-refractivity contribution in [2.45, 2.75) is 43.6 Å². The Morgan fingerprint density at radius 1 is 1.20 bits per heavy atom. The zero-order chi connectivity index (χ0) is 21.5. The normalized spacial score (nSPS) is 11.8. The molecule has 0 aliphatic heterocycles. The van der Waals surface area contributed by atoms with Crippen LogP contribution in [0.1, 0.15) is 26.7 Å². The third kappa shape index (κ3) is 4.71. The molecule has 0 fully saturated rings. The van der Waals surface area contributed by atoms with E-state index in [2.05, 4.69) is 11.1 Å². The standard InChI is InChI=1S/C23H24N4O2S/c1-3-15-27-22(29)19-12-7-8-13-20(19)25-23(27)30-17(2)21(28)26(16-9-14-24)18-10-5-4-6-11-18/h4-8,10-13,17H,3,9,15-16H2,1-2H3/t17-/m0/s1. The second-order valence-corrected chi connectivity index (χ2v) is 8.17. The minimum absolute atomic E-state index is 0.0889. The van der Waals surface area contributed by atoms with E-state index in [0.29, 0.717) is 29.1 Å². The van der Waals surface area contributed by atoms with Gasteiger partial charge in [-0.15, -0.1) is 0 Å². The van der Waals surface area contributed by atoms with E-state index in [1.54, 1.807) is 15.5 Å². The number of aromatic nitrogens is 2. The van der Waals surface area contributed by atoms with Crippen LogP contribution >= 0.6 is 11.8 Å². The van der Waals surface area contributed by atoms with Crippen LogP contribution in [0.15, 0.2) is 64.5 Å². The van der Waals surface area contributed by atoms with E-state index in [1.165, 1.54) is 11.8 Å². The summed E-state index contributed by atoms with van der Waals surface area (Å²) >= 11 is 1.28. The van der Waals surface area contributed by atoms with E-state index in [9.17, 15) is 9.59 Å². The lowest BCUT2D eigenvalue weighted by Gasteiger charge is -2.25. The Balaban J connectivity index is 1.93. The molecule has 1 amide bonds. The monoisotopic (exact) mass is 420 g/mol. The molecule has 1 heterocycles. The van der Waals surface area contributed by atoms with Gasteiger partial charge in [0, 0.05) is 18.8 Å². The molecule has 3 aromatic rings. The molecule has 6 nitrogen and oxygen atoms in total. The number of fused-ring (bicyclic) bond motifs is 1. The van der Waals surface area contributed by atoms with Crippen LogP contribution in [0.5, 0.6) is 0 Å². The molecule has 1 atom stereocenters. The molecular formula is C23H24N4O2S. The van der Waals surface area contributed by atoms with Crippen molar-refractivity contribution in [1.82, 2.24) is 9.55 Å². The molecule has 0 aliphatic rings. The van der Waals surface area contributed by atoms with E-state index < -0.39 is 5.25 Å². The molecule has 0 unspecified atom stereocenters. The van der Waals surface area contributed by atoms with Gasteiger partial charge in [0.2, 0.25) is 5.91 Å². The average Bonchev–Trinajstić information content (AvgIpc) is 2.77. The van der Waals surface area contributed by atoms with Crippen LogP contribution in [0.25, 0.3) is 10.9 Å². The van der Waals surface area contributed by atoms with Crippen LogP contribution in [0.3, 0.4) is 0 Å². The van der Waals surface area contributed by atoms with Gasteiger partial charge in [-0.1, -0.05) is 49.0 Å². The third-order valence-corrected chi connectivity index (χ3v) is 5.76. The average molecular weight is 421 g/mol. The summed E-state index contributed by atoms with van der Waals surface area (Å²) in [5, 5.41) is 9.65. The summed E-state index contributed by atoms with van der Waals surface area (Å²) < 4.78 is 1.65. The van der Waals surface area contributed by atoms with Crippen molar-refractivity contribution in [2.24, 2.45) is 0 Å². The van der Waals surface area contributed by atoms with Crippen LogP contribution in [0.2, 0.25) is 0 Å². The number of para-hydroxylation sites is 2. The highest BCUT2D eigenvalue weighted by molar-refractivity contribution is 8.00. The molecule has 7 heteroatoms. The van der Waals surface area contributed by atoms with E-state index in [-0.39, 0.29) is 17.9 Å². The van der Waals surface area contributed by atoms with Crippen molar-refractivity contribution in [2.75, 3.05) is 11.4 Å². The summed E-state index contributed by atoms with van der Waals surface area (Å²) in [6.07, 6.45) is 1.03. The lowest BCUT2D eigenvalue weighted by molar-refractivity contribution is -0.117. The third-order valence-electron chi connectivity index (χ3n) is 4.68. The number of amides is 1. The molecule has 0 radical (unpaired) electrons. The van der Waals surface area contributed by atoms with E-state index in [0.717, 1.165) is 12.1 Å². The van der Waals surface area contributed by atoms with E-state index >= 15 is 0 Å². The fourth-order valence-electron chi connectivity index (χ4n) is 3.22. The molecule has 0 saturated heterocycles. The number of carbonyl (C=O) groups is 1. The molecule has 0 aliphatic carbocycles. The van der Waals surface area contributed by atoms with Gasteiger partial charge in [-0.2, -0.15) is 5.26 Å². The van der Waals surface area contributed by atoms with Crippen molar-refractivity contribution < 1.29 is 4.79 Å². The fourth-order valence-corrected chi connectivity index (χ4v) is 4.22. The van der Waals surface area contributed by atoms with Crippen LogP contribution in [0.4, 0.5) is 5.69 Å². The SMILES string of the molecule is CCCn1c(S[C@@H](C)C(=O)N(CCC#N)c2ccccc2)nc2ccccc2c1=O. The molecule has 2 aromatic carbocycles. The van der Waals surface area contributed by atoms with Crippen molar-refractivity contribution in [3.63, 3.8) is 0 Å². The number of anilines is 1. The van der Waals surface area contributed by atoms with E-state index in [1.807, 2.05) is 62.4 Å². The van der Waals surface area contributed by atoms with Gasteiger partial charge in [0.15, 0.2) is 5.16 Å². The Bertz CT molecular complexity index is 1120. The predicted octanol–water partition coefficient (Wildman–Crippen LogP) is 4.23. The summed E-state index contributed by atoms with van der Waals surface area (Å²) in [5.41, 5.74) is 1.29. The fraction of sp³-hybridized carbons (Fsp3) is 0.304. The first kappa shape index (κ1) is 21.6.